The monoisotopic (exact) mass is 360 g/mol. The highest BCUT2D eigenvalue weighted by Gasteiger charge is 2.16. The molecule has 0 amide bonds. The molecule has 0 bridgehead atoms. The molecule has 3 aromatic carbocycles. The van der Waals surface area contributed by atoms with E-state index in [-0.39, 0.29) is 6.04 Å². The van der Waals surface area contributed by atoms with Gasteiger partial charge < -0.3 is 0 Å². The molecule has 2 nitrogen and oxygen atoms in total. The van der Waals surface area contributed by atoms with Gasteiger partial charge in [-0.1, -0.05) is 63.9 Å². The number of hydrogen-bond donors (Lipinski definition) is 2. The van der Waals surface area contributed by atoms with Gasteiger partial charge in [-0.2, -0.15) is 0 Å². The molecule has 0 aliphatic heterocycles. The molecule has 1 atom stereocenters. The third-order valence-corrected chi connectivity index (χ3v) is 4.38. The molecule has 21 heavy (non-hydrogen) atoms. The number of fused-ring (bicyclic) bond motifs is 1. The number of hydrazine groups is 1. The number of nitrogens with two attached hydrogens (primary N) is 1. The number of hydrogen-bond acceptors (Lipinski definition) is 2. The maximum absolute atomic E-state index is 6.32. The summed E-state index contributed by atoms with van der Waals surface area (Å²) in [5.41, 5.74) is 4.89. The molecule has 3 rings (SSSR count). The van der Waals surface area contributed by atoms with Gasteiger partial charge in [0.15, 0.2) is 0 Å². The molecule has 0 aliphatic carbocycles. The second kappa shape index (κ2) is 6.16. The van der Waals surface area contributed by atoms with Crippen LogP contribution in [0.25, 0.3) is 10.8 Å². The Kier molecular flexibility index (Phi) is 4.27. The van der Waals surface area contributed by atoms with Crippen molar-refractivity contribution >= 4 is 38.3 Å². The first kappa shape index (κ1) is 14.5. The average Bonchev–Trinajstić information content (AvgIpc) is 2.51. The van der Waals surface area contributed by atoms with E-state index in [0.717, 1.165) is 15.6 Å². The molecule has 0 fully saturated rings. The van der Waals surface area contributed by atoms with Crippen LogP contribution in [0.1, 0.15) is 17.2 Å². The molecule has 0 spiro atoms. The number of halogens is 2. The third kappa shape index (κ3) is 2.97. The summed E-state index contributed by atoms with van der Waals surface area (Å²) < 4.78 is 0.975. The average molecular weight is 362 g/mol. The molecule has 3 N–H and O–H groups in total. The highest BCUT2D eigenvalue weighted by Crippen LogP contribution is 2.31. The fraction of sp³-hybridized carbons (Fsp3) is 0.0588. The summed E-state index contributed by atoms with van der Waals surface area (Å²) in [6, 6.07) is 20.2. The maximum Gasteiger partial charge on any atom is 0.0725 e. The summed E-state index contributed by atoms with van der Waals surface area (Å²) in [5.74, 6) is 5.78. The van der Waals surface area contributed by atoms with Crippen LogP contribution < -0.4 is 11.3 Å². The van der Waals surface area contributed by atoms with Crippen LogP contribution in [-0.4, -0.2) is 0 Å². The Morgan fingerprint density at radius 1 is 0.952 bits per heavy atom. The lowest BCUT2D eigenvalue weighted by Crippen LogP contribution is -2.29. The molecular weight excluding hydrogens is 348 g/mol. The minimum atomic E-state index is -0.153. The lowest BCUT2D eigenvalue weighted by atomic mass is 9.97. The van der Waals surface area contributed by atoms with Gasteiger partial charge in [0.05, 0.1) is 6.04 Å². The molecule has 4 heteroatoms. The predicted molar refractivity (Wildman–Crippen MR) is 92.3 cm³/mol. The minimum Gasteiger partial charge on any atom is -0.271 e. The Balaban J connectivity index is 2.11. The van der Waals surface area contributed by atoms with Gasteiger partial charge in [-0.25, -0.2) is 5.43 Å². The van der Waals surface area contributed by atoms with E-state index in [1.807, 2.05) is 30.3 Å². The lowest BCUT2D eigenvalue weighted by molar-refractivity contribution is 0.637. The van der Waals surface area contributed by atoms with Gasteiger partial charge >= 0.3 is 0 Å². The second-order valence-electron chi connectivity index (χ2n) is 4.87. The molecule has 0 radical (unpaired) electrons. The summed E-state index contributed by atoms with van der Waals surface area (Å²) in [4.78, 5) is 0. The molecule has 1 unspecified atom stereocenters. The van der Waals surface area contributed by atoms with E-state index in [2.05, 4.69) is 51.7 Å². The Labute approximate surface area is 137 Å². The fourth-order valence-corrected chi connectivity index (χ4v) is 3.09. The summed E-state index contributed by atoms with van der Waals surface area (Å²) in [7, 11) is 0. The third-order valence-electron chi connectivity index (χ3n) is 3.54. The second-order valence-corrected chi connectivity index (χ2v) is 6.19. The van der Waals surface area contributed by atoms with Crippen LogP contribution in [0.3, 0.4) is 0 Å². The van der Waals surface area contributed by atoms with Gasteiger partial charge in [-0.05, 0) is 46.2 Å². The molecule has 0 saturated carbocycles. The first-order valence-electron chi connectivity index (χ1n) is 6.59. The van der Waals surface area contributed by atoms with Crippen LogP contribution in [0.5, 0.6) is 0 Å². The summed E-state index contributed by atoms with van der Waals surface area (Å²) in [5, 5.41) is 3.08. The van der Waals surface area contributed by atoms with Gasteiger partial charge in [0.2, 0.25) is 0 Å². The van der Waals surface area contributed by atoms with Crippen molar-refractivity contribution in [1.29, 1.82) is 0 Å². The van der Waals surface area contributed by atoms with Gasteiger partial charge in [-0.3, -0.25) is 5.84 Å². The smallest absolute Gasteiger partial charge is 0.0725 e. The summed E-state index contributed by atoms with van der Waals surface area (Å²) in [6.45, 7) is 0. The summed E-state index contributed by atoms with van der Waals surface area (Å²) in [6.07, 6.45) is 0. The normalized spacial score (nSPS) is 12.5. The molecular formula is C17H14BrClN2. The van der Waals surface area contributed by atoms with Gasteiger partial charge in [0, 0.05) is 9.50 Å². The topological polar surface area (TPSA) is 38.0 Å². The van der Waals surface area contributed by atoms with Crippen molar-refractivity contribution in [2.24, 2.45) is 5.84 Å². The number of rotatable bonds is 3. The highest BCUT2D eigenvalue weighted by atomic mass is 79.9. The Morgan fingerprint density at radius 3 is 2.48 bits per heavy atom. The molecule has 0 aromatic heterocycles. The maximum atomic E-state index is 6.32. The number of nitrogens with one attached hydrogen (secondary N) is 1. The van der Waals surface area contributed by atoms with E-state index in [9.17, 15) is 0 Å². The van der Waals surface area contributed by atoms with E-state index in [0.29, 0.717) is 5.02 Å². The first-order valence-corrected chi connectivity index (χ1v) is 7.76. The summed E-state index contributed by atoms with van der Waals surface area (Å²) >= 11 is 9.80. The quantitative estimate of drug-likeness (QED) is 0.519. The molecule has 0 saturated heterocycles. The van der Waals surface area contributed by atoms with Crippen LogP contribution in [0, 0.1) is 0 Å². The van der Waals surface area contributed by atoms with Crippen molar-refractivity contribution in [3.63, 3.8) is 0 Å². The van der Waals surface area contributed by atoms with Crippen LogP contribution >= 0.6 is 27.5 Å². The Hall–Kier alpha value is -1.39. The first-order chi connectivity index (χ1) is 10.2. The van der Waals surface area contributed by atoms with E-state index < -0.39 is 0 Å². The minimum absolute atomic E-state index is 0.153. The number of benzene rings is 3. The zero-order chi connectivity index (χ0) is 14.8. The van der Waals surface area contributed by atoms with Crippen molar-refractivity contribution in [3.05, 3.63) is 81.3 Å². The van der Waals surface area contributed by atoms with Crippen molar-refractivity contribution in [2.75, 3.05) is 0 Å². The lowest BCUT2D eigenvalue weighted by Gasteiger charge is -2.19. The van der Waals surface area contributed by atoms with E-state index >= 15 is 0 Å². The zero-order valence-corrected chi connectivity index (χ0v) is 13.5. The largest absolute Gasteiger partial charge is 0.271 e. The van der Waals surface area contributed by atoms with Crippen molar-refractivity contribution in [3.8, 4) is 0 Å². The Morgan fingerprint density at radius 2 is 1.71 bits per heavy atom. The van der Waals surface area contributed by atoms with Crippen molar-refractivity contribution in [1.82, 2.24) is 5.43 Å². The van der Waals surface area contributed by atoms with E-state index in [4.69, 9.17) is 17.4 Å². The van der Waals surface area contributed by atoms with Crippen LogP contribution in [-0.2, 0) is 0 Å². The van der Waals surface area contributed by atoms with Crippen LogP contribution in [0.4, 0.5) is 0 Å². The van der Waals surface area contributed by atoms with Gasteiger partial charge in [-0.15, -0.1) is 0 Å². The molecule has 3 aromatic rings. The Bertz CT molecular complexity index is 789. The molecule has 106 valence electrons. The van der Waals surface area contributed by atoms with E-state index in [1.54, 1.807) is 0 Å². The van der Waals surface area contributed by atoms with Crippen LogP contribution in [0.15, 0.2) is 65.1 Å². The molecule has 0 aliphatic rings. The van der Waals surface area contributed by atoms with Crippen molar-refractivity contribution in [2.45, 2.75) is 6.04 Å². The fourth-order valence-electron chi connectivity index (χ4n) is 2.49. The molecule has 0 heterocycles. The SMILES string of the molecule is NNC(c1ccc2ccccc2c1)c1cc(Br)ccc1Cl. The predicted octanol–water partition coefficient (Wildman–Crippen LogP) is 4.81. The van der Waals surface area contributed by atoms with Crippen molar-refractivity contribution < 1.29 is 0 Å². The van der Waals surface area contributed by atoms with Gasteiger partial charge in [0.1, 0.15) is 0 Å². The van der Waals surface area contributed by atoms with Gasteiger partial charge in [0.25, 0.3) is 0 Å². The van der Waals surface area contributed by atoms with Crippen LogP contribution in [0.2, 0.25) is 5.02 Å². The zero-order valence-electron chi connectivity index (χ0n) is 11.2. The highest BCUT2D eigenvalue weighted by molar-refractivity contribution is 9.10. The van der Waals surface area contributed by atoms with E-state index in [1.165, 1.54) is 10.8 Å². The standard InChI is InChI=1S/C17H14BrClN2/c18-14-7-8-16(19)15(10-14)17(21-20)13-6-5-11-3-1-2-4-12(11)9-13/h1-10,17,21H,20H2.